The molecule has 0 aliphatic heterocycles. The summed E-state index contributed by atoms with van der Waals surface area (Å²) in [6.45, 7) is 0.575. The molecule has 0 aliphatic rings. The summed E-state index contributed by atoms with van der Waals surface area (Å²) in [5.41, 5.74) is 0. The molecule has 1 nitrogen and oxygen atoms in total. The molecule has 0 unspecified atom stereocenters. The van der Waals surface area contributed by atoms with Crippen LogP contribution in [0.2, 0.25) is 0 Å². The zero-order chi connectivity index (χ0) is 6.62. The summed E-state index contributed by atoms with van der Waals surface area (Å²) in [5, 5.41) is 2.70. The maximum Gasteiger partial charge on any atom is 0.181 e. The molecule has 0 spiro atoms. The van der Waals surface area contributed by atoms with E-state index >= 15 is 0 Å². The van der Waals surface area contributed by atoms with E-state index in [4.69, 9.17) is 34.1 Å². The van der Waals surface area contributed by atoms with E-state index < -0.39 is 4.89 Å². The number of alkyl halides is 1. The van der Waals surface area contributed by atoms with Gasteiger partial charge in [-0.1, -0.05) is 22.5 Å². The molecule has 0 aliphatic carbocycles. The van der Waals surface area contributed by atoms with Crippen LogP contribution in [0, 0.1) is 0 Å². The molecule has 1 N–H and O–H groups in total. The fraction of sp³-hybridized carbons (Fsp3) is 1.00. The lowest BCUT2D eigenvalue weighted by molar-refractivity contribution is 1.04. The van der Waals surface area contributed by atoms with E-state index in [-0.39, 0.29) is 0 Å². The van der Waals surface area contributed by atoms with Gasteiger partial charge in [-0.25, -0.2) is 0 Å². The van der Waals surface area contributed by atoms with Crippen LogP contribution in [0.25, 0.3) is 0 Å². The molecule has 0 aromatic rings. The van der Waals surface area contributed by atoms with Crippen molar-refractivity contribution in [3.05, 3.63) is 0 Å². The van der Waals surface area contributed by atoms with Crippen molar-refractivity contribution >= 4 is 50.8 Å². The second kappa shape index (κ2) is 4.32. The first kappa shape index (κ1) is 9.48. The number of hydrogen-bond donors (Lipinski definition) is 1. The largest absolute Gasteiger partial charge is 0.264 e. The summed E-state index contributed by atoms with van der Waals surface area (Å²) < 4.78 is 0. The van der Waals surface area contributed by atoms with E-state index in [2.05, 4.69) is 16.9 Å². The molecule has 50 valence electrons. The summed E-state index contributed by atoms with van der Waals surface area (Å²) in [5.74, 6) is 0.484. The average molecular weight is 212 g/mol. The van der Waals surface area contributed by atoms with E-state index in [9.17, 15) is 0 Å². The van der Waals surface area contributed by atoms with Gasteiger partial charge in [-0.3, -0.25) is 5.09 Å². The highest BCUT2D eigenvalue weighted by Crippen LogP contribution is 2.52. The molecule has 8 heavy (non-hydrogen) atoms. The Morgan fingerprint density at radius 3 is 2.12 bits per heavy atom. The van der Waals surface area contributed by atoms with Crippen LogP contribution in [-0.4, -0.2) is 12.4 Å². The molecule has 0 aromatic heterocycles. The minimum Gasteiger partial charge on any atom is -0.264 e. The Kier molecular flexibility index (Phi) is 5.12. The van der Waals surface area contributed by atoms with Gasteiger partial charge in [0.05, 0.1) is 0 Å². The van der Waals surface area contributed by atoms with Crippen molar-refractivity contribution in [1.82, 2.24) is 5.09 Å². The van der Waals surface area contributed by atoms with E-state index in [0.29, 0.717) is 12.4 Å². The van der Waals surface area contributed by atoms with Crippen LogP contribution in [0.3, 0.4) is 0 Å². The van der Waals surface area contributed by atoms with Crippen LogP contribution in [0.15, 0.2) is 0 Å². The molecule has 0 fully saturated rings. The second-order valence-corrected chi connectivity index (χ2v) is 9.09. The lowest BCUT2D eigenvalue weighted by Crippen LogP contribution is -2.06. The molecule has 0 saturated heterocycles. The van der Waals surface area contributed by atoms with Gasteiger partial charge >= 0.3 is 0 Å². The van der Waals surface area contributed by atoms with Gasteiger partial charge in [0, 0.05) is 12.4 Å². The Morgan fingerprint density at radius 1 is 1.50 bits per heavy atom. The normalized spacial score (nSPS) is 11.9. The van der Waals surface area contributed by atoms with Gasteiger partial charge < -0.3 is 0 Å². The summed E-state index contributed by atoms with van der Waals surface area (Å²) in [4.78, 5) is -2.24. The summed E-state index contributed by atoms with van der Waals surface area (Å²) in [6, 6.07) is 0. The molecule has 0 aromatic carbocycles. The van der Waals surface area contributed by atoms with Gasteiger partial charge in [0.25, 0.3) is 0 Å². The Balaban J connectivity index is 3.26. The molecule has 0 bridgehead atoms. The van der Waals surface area contributed by atoms with Gasteiger partial charge in [0.2, 0.25) is 0 Å². The van der Waals surface area contributed by atoms with Gasteiger partial charge in [-0.05, 0) is 11.8 Å². The molecule has 0 rings (SSSR count). The third-order valence-corrected chi connectivity index (χ3v) is 2.28. The molecule has 0 atom stereocenters. The van der Waals surface area contributed by atoms with Crippen LogP contribution in [0.4, 0.5) is 0 Å². The van der Waals surface area contributed by atoms with Crippen LogP contribution >= 0.6 is 39.0 Å². The number of hydrogen-bond acceptors (Lipinski definition) is 1. The van der Waals surface area contributed by atoms with Crippen molar-refractivity contribution in [2.24, 2.45) is 0 Å². The fourth-order valence-corrected chi connectivity index (χ4v) is 1.55. The lowest BCUT2D eigenvalue weighted by Gasteiger charge is -2.03. The predicted molar refractivity (Wildman–Crippen MR) is 44.7 cm³/mol. The van der Waals surface area contributed by atoms with E-state index in [0.717, 1.165) is 0 Å². The first-order valence-electron chi connectivity index (χ1n) is 1.87. The Morgan fingerprint density at radius 2 is 2.00 bits per heavy atom. The third kappa shape index (κ3) is 7.48. The van der Waals surface area contributed by atoms with Crippen LogP contribution in [0.1, 0.15) is 0 Å². The molecular formula is C2H5Cl3NPS. The minimum atomic E-state index is -2.24. The Labute approximate surface area is 68.3 Å². The maximum atomic E-state index is 5.43. The maximum absolute atomic E-state index is 5.43. The quantitative estimate of drug-likeness (QED) is 0.570. The van der Waals surface area contributed by atoms with Gasteiger partial charge in [0.15, 0.2) is 4.89 Å². The summed E-state index contributed by atoms with van der Waals surface area (Å²) >= 11 is 20.8. The smallest absolute Gasteiger partial charge is 0.181 e. The molecule has 0 radical (unpaired) electrons. The van der Waals surface area contributed by atoms with E-state index in [1.54, 1.807) is 0 Å². The van der Waals surface area contributed by atoms with Crippen LogP contribution < -0.4 is 5.09 Å². The predicted octanol–water partition coefficient (Wildman–Crippen LogP) is 2.52. The Hall–Kier alpha value is 1.48. The zero-order valence-electron chi connectivity index (χ0n) is 3.90. The van der Waals surface area contributed by atoms with Gasteiger partial charge in [0.1, 0.15) is 0 Å². The van der Waals surface area contributed by atoms with Crippen molar-refractivity contribution in [3.63, 3.8) is 0 Å². The number of nitrogens with one attached hydrogen (secondary N) is 1. The topological polar surface area (TPSA) is 12.0 Å². The molecule has 0 heterocycles. The van der Waals surface area contributed by atoms with Crippen LogP contribution in [-0.2, 0) is 11.8 Å². The highest BCUT2D eigenvalue weighted by Gasteiger charge is 2.03. The monoisotopic (exact) mass is 211 g/mol. The highest BCUT2D eigenvalue weighted by molar-refractivity contribution is 8.38. The van der Waals surface area contributed by atoms with Gasteiger partial charge in [-0.15, -0.1) is 11.6 Å². The standard InChI is InChI=1S/C2H5Cl3NPS/c3-1-2-6-7(4,5)8/h1-2H2,(H,6,8). The minimum absolute atomic E-state index is 0.484. The van der Waals surface area contributed by atoms with Crippen molar-refractivity contribution in [2.75, 3.05) is 12.4 Å². The average Bonchev–Trinajstić information content (AvgIpc) is 1.59. The van der Waals surface area contributed by atoms with Crippen molar-refractivity contribution < 1.29 is 0 Å². The molecule has 0 saturated carbocycles. The van der Waals surface area contributed by atoms with Crippen LogP contribution in [0.5, 0.6) is 0 Å². The summed E-state index contributed by atoms with van der Waals surface area (Å²) in [7, 11) is 0. The first-order chi connectivity index (χ1) is 3.56. The SMILES string of the molecule is S=P(Cl)(Cl)NCCCl. The molecule has 0 amide bonds. The van der Waals surface area contributed by atoms with Crippen molar-refractivity contribution in [2.45, 2.75) is 0 Å². The van der Waals surface area contributed by atoms with Crippen molar-refractivity contribution in [1.29, 1.82) is 0 Å². The number of rotatable bonds is 3. The van der Waals surface area contributed by atoms with Gasteiger partial charge in [-0.2, -0.15) is 0 Å². The van der Waals surface area contributed by atoms with E-state index in [1.807, 2.05) is 0 Å². The second-order valence-electron chi connectivity index (χ2n) is 1.06. The van der Waals surface area contributed by atoms with E-state index in [1.165, 1.54) is 0 Å². The summed E-state index contributed by atoms with van der Waals surface area (Å²) in [6.07, 6.45) is 0. The zero-order valence-corrected chi connectivity index (χ0v) is 7.88. The molecular weight excluding hydrogens is 207 g/mol. The third-order valence-electron chi connectivity index (χ3n) is 0.390. The lowest BCUT2D eigenvalue weighted by atomic mass is 10.8. The van der Waals surface area contributed by atoms with Crippen molar-refractivity contribution in [3.8, 4) is 0 Å². The fourth-order valence-electron chi connectivity index (χ4n) is 0.172. The first-order valence-corrected chi connectivity index (χ1v) is 7.01. The number of halogens is 3. The molecule has 6 heteroatoms. The highest BCUT2D eigenvalue weighted by atomic mass is 35.9. The Bertz CT molecular complexity index is 101.